The molecule has 1 amide bonds. The number of aromatic nitrogens is 1. The van der Waals surface area contributed by atoms with E-state index < -0.39 is 22.4 Å². The highest BCUT2D eigenvalue weighted by Gasteiger charge is 2.54. The molecule has 188 valence electrons. The van der Waals surface area contributed by atoms with Gasteiger partial charge in [0.1, 0.15) is 0 Å². The summed E-state index contributed by atoms with van der Waals surface area (Å²) < 4.78 is 27.4. The minimum atomic E-state index is -2.76. The van der Waals surface area contributed by atoms with Crippen LogP contribution >= 0.6 is 33.8 Å². The van der Waals surface area contributed by atoms with Crippen LogP contribution in [0.2, 0.25) is 10.0 Å². The Hall–Kier alpha value is -2.46. The van der Waals surface area contributed by atoms with Crippen molar-refractivity contribution >= 4 is 45.5 Å². The monoisotopic (exact) mass is 546 g/mol. The van der Waals surface area contributed by atoms with Crippen molar-refractivity contribution in [1.29, 1.82) is 0 Å². The summed E-state index contributed by atoms with van der Waals surface area (Å²) in [7, 11) is -2.76. The number of carbonyl (C=O) groups is 2. The molecule has 0 aliphatic carbocycles. The molecule has 7 nitrogen and oxygen atoms in total. The van der Waals surface area contributed by atoms with Crippen molar-refractivity contribution < 1.29 is 23.4 Å². The topological polar surface area (TPSA) is 100.0 Å². The number of nitrogens with zero attached hydrogens (tertiary/aromatic N) is 2. The Balaban J connectivity index is 1.71. The fourth-order valence-electron chi connectivity index (χ4n) is 4.82. The number of hydrogen-bond donors (Lipinski definition) is 2. The van der Waals surface area contributed by atoms with Crippen LogP contribution in [0.15, 0.2) is 60.8 Å². The zero-order valence-corrected chi connectivity index (χ0v) is 21.7. The van der Waals surface area contributed by atoms with E-state index in [4.69, 9.17) is 27.9 Å². The van der Waals surface area contributed by atoms with Crippen molar-refractivity contribution in [1.82, 2.24) is 9.88 Å². The summed E-state index contributed by atoms with van der Waals surface area (Å²) in [4.78, 5) is 32.0. The van der Waals surface area contributed by atoms with Crippen LogP contribution < -0.4 is 0 Å². The van der Waals surface area contributed by atoms with Gasteiger partial charge in [-0.15, -0.1) is 0 Å². The summed E-state index contributed by atoms with van der Waals surface area (Å²) >= 11 is 12.2. The lowest BCUT2D eigenvalue weighted by atomic mass is 9.91. The third-order valence-corrected chi connectivity index (χ3v) is 8.82. The van der Waals surface area contributed by atoms with Crippen LogP contribution in [0.4, 0.5) is 0 Å². The molecule has 5 rings (SSSR count). The average molecular weight is 547 g/mol. The highest BCUT2D eigenvalue weighted by atomic mass is 35.5. The molecule has 10 heteroatoms. The van der Waals surface area contributed by atoms with Gasteiger partial charge >= 0.3 is 0 Å². The van der Waals surface area contributed by atoms with Gasteiger partial charge in [-0.2, -0.15) is 10.6 Å². The minimum absolute atomic E-state index is 0.0738. The number of benzene rings is 2. The number of carbonyl (C=O) groups excluding carboxylic acids is 2. The highest BCUT2D eigenvalue weighted by Crippen LogP contribution is 2.52. The van der Waals surface area contributed by atoms with Gasteiger partial charge in [-0.1, -0.05) is 47.5 Å². The SMILES string of the molecule is CC(=O)c1ccc2c(c1)C(=O)N(Cc1ccc(Cl)cn1)C2(OC1CCS(O)(O)C1)c1ccc(Cl)cc1. The third-order valence-electron chi connectivity index (χ3n) is 6.55. The van der Waals surface area contributed by atoms with E-state index in [1.807, 2.05) is 0 Å². The Morgan fingerprint density at radius 3 is 2.47 bits per heavy atom. The third kappa shape index (κ3) is 4.53. The van der Waals surface area contributed by atoms with E-state index in [0.717, 1.165) is 0 Å². The van der Waals surface area contributed by atoms with Crippen molar-refractivity contribution in [2.45, 2.75) is 31.7 Å². The molecule has 3 heterocycles. The first-order valence-electron chi connectivity index (χ1n) is 11.3. The molecular weight excluding hydrogens is 523 g/mol. The number of fused-ring (bicyclic) bond motifs is 1. The van der Waals surface area contributed by atoms with E-state index in [9.17, 15) is 18.7 Å². The lowest BCUT2D eigenvalue weighted by molar-refractivity contribution is -0.140. The van der Waals surface area contributed by atoms with E-state index in [1.54, 1.807) is 59.5 Å². The second-order valence-electron chi connectivity index (χ2n) is 9.03. The molecule has 2 aliphatic heterocycles. The Bertz CT molecular complexity index is 1330. The van der Waals surface area contributed by atoms with Crippen LogP contribution in [0.5, 0.6) is 0 Å². The number of amides is 1. The van der Waals surface area contributed by atoms with Gasteiger partial charge in [0, 0.05) is 39.2 Å². The second-order valence-corrected chi connectivity index (χ2v) is 12.2. The van der Waals surface area contributed by atoms with E-state index in [0.29, 0.717) is 44.4 Å². The first kappa shape index (κ1) is 25.2. The quantitative estimate of drug-likeness (QED) is 0.368. The standard InChI is InChI=1S/C26H24Cl2N2O5S/c1-16(31)17-2-9-24-23(12-17)25(32)30(14-21-8-7-20(28)13-29-21)26(24,18-3-5-19(27)6-4-18)35-22-10-11-36(33,34)15-22/h2-9,12-13,22,33-34H,10-11,14-15H2,1H3. The van der Waals surface area contributed by atoms with Gasteiger partial charge in [-0.3, -0.25) is 28.6 Å². The van der Waals surface area contributed by atoms with Crippen molar-refractivity contribution in [2.75, 3.05) is 11.5 Å². The number of halogens is 2. The first-order chi connectivity index (χ1) is 17.1. The molecule has 2 aliphatic rings. The van der Waals surface area contributed by atoms with Gasteiger partial charge in [0.15, 0.2) is 11.5 Å². The average Bonchev–Trinajstić information content (AvgIpc) is 3.30. The number of ether oxygens (including phenoxy) is 1. The number of ketones is 1. The summed E-state index contributed by atoms with van der Waals surface area (Å²) in [6.45, 7) is 1.54. The summed E-state index contributed by atoms with van der Waals surface area (Å²) in [5.74, 6) is -0.183. The zero-order chi connectivity index (χ0) is 25.7. The number of pyridine rings is 1. The fraction of sp³-hybridized carbons (Fsp3) is 0.269. The van der Waals surface area contributed by atoms with Gasteiger partial charge in [0.25, 0.3) is 5.91 Å². The van der Waals surface area contributed by atoms with Crippen molar-refractivity contribution in [3.8, 4) is 0 Å². The summed E-state index contributed by atoms with van der Waals surface area (Å²) in [6.07, 6.45) is 1.42. The molecule has 2 N–H and O–H groups in total. The van der Waals surface area contributed by atoms with Gasteiger partial charge in [-0.25, -0.2) is 0 Å². The van der Waals surface area contributed by atoms with Gasteiger partial charge in [0.2, 0.25) is 0 Å². The number of hydrogen-bond acceptors (Lipinski definition) is 6. The van der Waals surface area contributed by atoms with Crippen LogP contribution in [0.25, 0.3) is 0 Å². The molecule has 2 aromatic carbocycles. The summed E-state index contributed by atoms with van der Waals surface area (Å²) in [5.41, 5.74) is 1.15. The molecule has 0 bridgehead atoms. The molecule has 0 saturated carbocycles. The van der Waals surface area contributed by atoms with Crippen LogP contribution in [-0.2, 0) is 17.0 Å². The van der Waals surface area contributed by atoms with Crippen LogP contribution in [0.3, 0.4) is 0 Å². The summed E-state index contributed by atoms with van der Waals surface area (Å²) in [6, 6.07) is 15.4. The molecule has 1 aromatic heterocycles. The Kier molecular flexibility index (Phi) is 6.61. The van der Waals surface area contributed by atoms with Gasteiger partial charge in [-0.05, 0) is 43.7 Å². The van der Waals surface area contributed by atoms with Crippen LogP contribution in [0, 0.1) is 0 Å². The first-order valence-corrected chi connectivity index (χ1v) is 14.0. The molecule has 2 atom stereocenters. The van der Waals surface area contributed by atoms with E-state index in [1.165, 1.54) is 13.1 Å². The normalized spacial score (nSPS) is 23.5. The molecule has 0 spiro atoms. The molecule has 0 radical (unpaired) electrons. The Morgan fingerprint density at radius 2 is 1.86 bits per heavy atom. The fourth-order valence-corrected chi connectivity index (χ4v) is 6.69. The zero-order valence-electron chi connectivity index (χ0n) is 19.4. The number of Topliss-reactive ketones (excluding diaryl/α,β-unsaturated/α-hetero) is 1. The molecule has 1 saturated heterocycles. The molecule has 1 fully saturated rings. The lowest BCUT2D eigenvalue weighted by Crippen LogP contribution is -2.48. The largest absolute Gasteiger partial charge is 0.342 e. The Morgan fingerprint density at radius 1 is 1.14 bits per heavy atom. The van der Waals surface area contributed by atoms with E-state index in [2.05, 4.69) is 4.98 Å². The maximum atomic E-state index is 14.0. The van der Waals surface area contributed by atoms with Crippen molar-refractivity contribution in [3.63, 3.8) is 0 Å². The van der Waals surface area contributed by atoms with Gasteiger partial charge < -0.3 is 4.74 Å². The maximum Gasteiger partial charge on any atom is 0.257 e. The summed E-state index contributed by atoms with van der Waals surface area (Å²) in [5, 5.41) is 0.989. The van der Waals surface area contributed by atoms with Gasteiger partial charge in [0.05, 0.1) is 29.1 Å². The molecule has 3 aromatic rings. The van der Waals surface area contributed by atoms with E-state index in [-0.39, 0.29) is 29.7 Å². The minimum Gasteiger partial charge on any atom is -0.342 e. The number of rotatable bonds is 6. The molecule has 2 unspecified atom stereocenters. The van der Waals surface area contributed by atoms with Crippen LogP contribution in [0.1, 0.15) is 50.9 Å². The Labute approximate surface area is 220 Å². The van der Waals surface area contributed by atoms with Crippen LogP contribution in [-0.4, -0.2) is 48.3 Å². The maximum absolute atomic E-state index is 14.0. The highest BCUT2D eigenvalue weighted by molar-refractivity contribution is 8.24. The predicted molar refractivity (Wildman–Crippen MR) is 140 cm³/mol. The smallest absolute Gasteiger partial charge is 0.257 e. The predicted octanol–water partition coefficient (Wildman–Crippen LogP) is 5.99. The second kappa shape index (κ2) is 9.45. The lowest BCUT2D eigenvalue weighted by Gasteiger charge is -2.41. The van der Waals surface area contributed by atoms with Crippen molar-refractivity contribution in [3.05, 3.63) is 98.8 Å². The molecular formula is C26H24Cl2N2O5S. The molecule has 36 heavy (non-hydrogen) atoms. The van der Waals surface area contributed by atoms with Crippen molar-refractivity contribution in [2.24, 2.45) is 0 Å². The van der Waals surface area contributed by atoms with E-state index >= 15 is 0 Å².